The first-order valence-electron chi connectivity index (χ1n) is 7.16. The third-order valence-corrected chi connectivity index (χ3v) is 3.91. The van der Waals surface area contributed by atoms with E-state index >= 15 is 0 Å². The van der Waals surface area contributed by atoms with E-state index in [4.69, 9.17) is 10.00 Å². The third kappa shape index (κ3) is 3.11. The summed E-state index contributed by atoms with van der Waals surface area (Å²) in [4.78, 5) is 19.8. The van der Waals surface area contributed by atoms with Crippen molar-refractivity contribution in [2.45, 2.75) is 43.9 Å². The van der Waals surface area contributed by atoms with Gasteiger partial charge in [-0.3, -0.25) is 4.79 Å². The van der Waals surface area contributed by atoms with Gasteiger partial charge in [0.1, 0.15) is 11.9 Å². The Hall–Kier alpha value is -2.20. The minimum Gasteiger partial charge on any atom is -0.376 e. The summed E-state index contributed by atoms with van der Waals surface area (Å²) in [5, 5.41) is 15.1. The van der Waals surface area contributed by atoms with E-state index in [9.17, 15) is 4.79 Å². The maximum Gasteiger partial charge on any atom is 0.220 e. The number of hydrogen-bond acceptors (Lipinski definition) is 6. The van der Waals surface area contributed by atoms with Crippen molar-refractivity contribution in [1.29, 1.82) is 5.26 Å². The van der Waals surface area contributed by atoms with Gasteiger partial charge in [-0.25, -0.2) is 9.97 Å². The topological polar surface area (TPSA) is 99.9 Å². The minimum absolute atomic E-state index is 0.0498. The number of carbonyl (C=O) groups is 1. The zero-order chi connectivity index (χ0) is 14.7. The van der Waals surface area contributed by atoms with Crippen LogP contribution >= 0.6 is 0 Å². The largest absolute Gasteiger partial charge is 0.376 e. The molecule has 0 aliphatic carbocycles. The summed E-state index contributed by atoms with van der Waals surface area (Å²) >= 11 is 0. The number of hydrogen-bond donors (Lipinski definition) is 2. The van der Waals surface area contributed by atoms with Crippen LogP contribution in [0.2, 0.25) is 0 Å². The molecule has 2 N–H and O–H groups in total. The van der Waals surface area contributed by atoms with Gasteiger partial charge in [-0.1, -0.05) is 0 Å². The van der Waals surface area contributed by atoms with E-state index in [0.29, 0.717) is 12.2 Å². The molecule has 0 spiro atoms. The summed E-state index contributed by atoms with van der Waals surface area (Å²) in [6.07, 6.45) is 6.25. The van der Waals surface area contributed by atoms with E-state index in [2.05, 4.69) is 20.6 Å². The average molecular weight is 287 g/mol. The Kier molecular flexibility index (Phi) is 3.97. The van der Waals surface area contributed by atoms with E-state index in [-0.39, 0.29) is 29.8 Å². The van der Waals surface area contributed by atoms with Crippen molar-refractivity contribution < 1.29 is 9.53 Å². The van der Waals surface area contributed by atoms with Crippen LogP contribution in [0.3, 0.4) is 0 Å². The Bertz CT molecular complexity index is 547. The molecule has 3 atom stereocenters. The molecule has 0 saturated carbocycles. The predicted octanol–water partition coefficient (Wildman–Crippen LogP) is 0.586. The Balaban J connectivity index is 1.71. The van der Waals surface area contributed by atoms with Crippen LogP contribution in [-0.2, 0) is 9.53 Å². The van der Waals surface area contributed by atoms with Crippen molar-refractivity contribution in [3.63, 3.8) is 0 Å². The van der Waals surface area contributed by atoms with Gasteiger partial charge >= 0.3 is 0 Å². The molecular formula is C14H17N5O2. The molecule has 1 aromatic heterocycles. The fourth-order valence-corrected chi connectivity index (χ4v) is 2.87. The lowest BCUT2D eigenvalue weighted by Crippen LogP contribution is -2.56. The highest BCUT2D eigenvalue weighted by atomic mass is 16.5. The number of amides is 1. The van der Waals surface area contributed by atoms with Gasteiger partial charge in [0.25, 0.3) is 0 Å². The first-order chi connectivity index (χ1) is 10.3. The molecule has 21 heavy (non-hydrogen) atoms. The minimum atomic E-state index is -0.0498. The highest BCUT2D eigenvalue weighted by Gasteiger charge is 2.36. The average Bonchev–Trinajstić information content (AvgIpc) is 3.04. The van der Waals surface area contributed by atoms with Crippen LogP contribution in [0.15, 0.2) is 12.4 Å². The molecule has 0 bridgehead atoms. The van der Waals surface area contributed by atoms with E-state index < -0.39 is 0 Å². The van der Waals surface area contributed by atoms with Crippen molar-refractivity contribution in [3.05, 3.63) is 18.1 Å². The third-order valence-electron chi connectivity index (χ3n) is 3.91. The van der Waals surface area contributed by atoms with Gasteiger partial charge < -0.3 is 15.4 Å². The lowest BCUT2D eigenvalue weighted by molar-refractivity contribution is -0.124. The fraction of sp³-hybridized carbons (Fsp3) is 0.571. The van der Waals surface area contributed by atoms with Gasteiger partial charge in [-0.15, -0.1) is 0 Å². The monoisotopic (exact) mass is 287 g/mol. The number of ether oxygens (including phenoxy) is 1. The van der Waals surface area contributed by atoms with Gasteiger partial charge in [-0.05, 0) is 19.3 Å². The standard InChI is InChI=1S/C14H17N5O2/c15-6-9-7-17-12(8-16-9)18-10-3-4-13(20)19-14(10)11-2-1-5-21-11/h7-8,10-11,14H,1-5H2,(H,17,18)(H,19,20)/t10-,11?,14-/m0/s1. The van der Waals surface area contributed by atoms with Gasteiger partial charge in [0.2, 0.25) is 5.91 Å². The summed E-state index contributed by atoms with van der Waals surface area (Å²) < 4.78 is 5.71. The Morgan fingerprint density at radius 3 is 2.95 bits per heavy atom. The molecule has 2 aliphatic heterocycles. The number of nitriles is 1. The second-order valence-corrected chi connectivity index (χ2v) is 5.33. The van der Waals surface area contributed by atoms with Crippen LogP contribution in [-0.4, -0.2) is 40.7 Å². The molecule has 110 valence electrons. The number of rotatable bonds is 3. The molecule has 3 rings (SSSR count). The van der Waals surface area contributed by atoms with Gasteiger partial charge in [0.05, 0.1) is 30.6 Å². The Morgan fingerprint density at radius 2 is 2.29 bits per heavy atom. The molecule has 2 saturated heterocycles. The second-order valence-electron chi connectivity index (χ2n) is 5.33. The van der Waals surface area contributed by atoms with Crippen molar-refractivity contribution >= 4 is 11.7 Å². The van der Waals surface area contributed by atoms with Crippen molar-refractivity contribution in [3.8, 4) is 6.07 Å². The summed E-state index contributed by atoms with van der Waals surface area (Å²) in [7, 11) is 0. The SMILES string of the molecule is N#Cc1cnc(N[C@H]2CCC(=O)N[C@@H]2C2CCCO2)cn1. The maximum atomic E-state index is 11.7. The second kappa shape index (κ2) is 6.06. The molecule has 1 unspecified atom stereocenters. The molecule has 1 amide bonds. The van der Waals surface area contributed by atoms with E-state index in [1.54, 1.807) is 6.20 Å². The summed E-state index contributed by atoms with van der Waals surface area (Å²) in [5.74, 6) is 0.678. The molecule has 1 aromatic rings. The Labute approximate surface area is 122 Å². The first kappa shape index (κ1) is 13.8. The highest BCUT2D eigenvalue weighted by Crippen LogP contribution is 2.24. The molecule has 2 aliphatic rings. The van der Waals surface area contributed by atoms with Gasteiger partial charge in [0, 0.05) is 13.0 Å². The van der Waals surface area contributed by atoms with Crippen LogP contribution in [0.25, 0.3) is 0 Å². The number of piperidine rings is 1. The smallest absolute Gasteiger partial charge is 0.220 e. The van der Waals surface area contributed by atoms with Crippen molar-refractivity contribution in [1.82, 2.24) is 15.3 Å². The maximum absolute atomic E-state index is 11.7. The highest BCUT2D eigenvalue weighted by molar-refractivity contribution is 5.77. The van der Waals surface area contributed by atoms with Crippen LogP contribution in [0.5, 0.6) is 0 Å². The van der Waals surface area contributed by atoms with Gasteiger partial charge in [-0.2, -0.15) is 5.26 Å². The van der Waals surface area contributed by atoms with Crippen LogP contribution in [0.4, 0.5) is 5.82 Å². The molecule has 7 heteroatoms. The molecule has 2 fully saturated rings. The summed E-state index contributed by atoms with van der Waals surface area (Å²) in [6.45, 7) is 0.750. The number of nitrogens with zero attached hydrogens (tertiary/aromatic N) is 3. The zero-order valence-electron chi connectivity index (χ0n) is 11.6. The number of aromatic nitrogens is 2. The molecule has 0 radical (unpaired) electrons. The van der Waals surface area contributed by atoms with Crippen LogP contribution < -0.4 is 10.6 Å². The van der Waals surface area contributed by atoms with Crippen molar-refractivity contribution in [2.75, 3.05) is 11.9 Å². The van der Waals surface area contributed by atoms with E-state index in [1.807, 2.05) is 6.07 Å². The van der Waals surface area contributed by atoms with E-state index in [0.717, 1.165) is 25.9 Å². The van der Waals surface area contributed by atoms with Crippen LogP contribution in [0.1, 0.15) is 31.4 Å². The first-order valence-corrected chi connectivity index (χ1v) is 7.16. The molecule has 0 aromatic carbocycles. The Morgan fingerprint density at radius 1 is 1.38 bits per heavy atom. The van der Waals surface area contributed by atoms with Gasteiger partial charge in [0.15, 0.2) is 5.69 Å². The molecular weight excluding hydrogens is 270 g/mol. The predicted molar refractivity (Wildman–Crippen MR) is 74.3 cm³/mol. The van der Waals surface area contributed by atoms with Crippen LogP contribution in [0, 0.1) is 11.3 Å². The number of anilines is 1. The molecule has 3 heterocycles. The quantitative estimate of drug-likeness (QED) is 0.844. The lowest BCUT2D eigenvalue weighted by atomic mass is 9.92. The number of nitrogens with one attached hydrogen (secondary N) is 2. The summed E-state index contributed by atoms with van der Waals surface area (Å²) in [6, 6.07) is 1.95. The van der Waals surface area contributed by atoms with Crippen molar-refractivity contribution in [2.24, 2.45) is 0 Å². The van der Waals surface area contributed by atoms with E-state index in [1.165, 1.54) is 6.20 Å². The normalized spacial score (nSPS) is 28.7. The molecule has 7 nitrogen and oxygen atoms in total. The fourth-order valence-electron chi connectivity index (χ4n) is 2.87. The zero-order valence-corrected chi connectivity index (χ0v) is 11.6. The lowest BCUT2D eigenvalue weighted by Gasteiger charge is -2.36. The number of carbonyl (C=O) groups excluding carboxylic acids is 1. The summed E-state index contributed by atoms with van der Waals surface area (Å²) in [5.41, 5.74) is 0.285.